The number of ether oxygens (including phenoxy) is 1. The smallest absolute Gasteiger partial charge is 0.138 e. The van der Waals surface area contributed by atoms with Gasteiger partial charge < -0.3 is 4.74 Å². The molecule has 0 atom stereocenters. The summed E-state index contributed by atoms with van der Waals surface area (Å²) in [5.41, 5.74) is 0. The molecule has 0 saturated heterocycles. The predicted octanol–water partition coefficient (Wildman–Crippen LogP) is 4.56. The van der Waals surface area contributed by atoms with Crippen LogP contribution in [0.25, 0.3) is 10.1 Å². The molecule has 0 saturated carbocycles. The van der Waals surface area contributed by atoms with Gasteiger partial charge >= 0.3 is 0 Å². The van der Waals surface area contributed by atoms with Crippen LogP contribution in [0.3, 0.4) is 0 Å². The summed E-state index contributed by atoms with van der Waals surface area (Å²) in [4.78, 5) is 0. The molecule has 0 spiro atoms. The fraction of sp³-hybridized carbons (Fsp3) is 0.200. The molecule has 0 fully saturated rings. The fourth-order valence-corrected chi connectivity index (χ4v) is 3.17. The van der Waals surface area contributed by atoms with E-state index in [0.29, 0.717) is 6.61 Å². The molecule has 14 heavy (non-hydrogen) atoms. The van der Waals surface area contributed by atoms with E-state index in [4.69, 9.17) is 16.3 Å². The Morgan fingerprint density at radius 3 is 3.07 bits per heavy atom. The normalized spacial score (nSPS) is 10.8. The van der Waals surface area contributed by atoms with Crippen LogP contribution in [-0.2, 0) is 0 Å². The molecule has 0 aliphatic rings. The Balaban J connectivity index is 2.71. The second-order valence-corrected chi connectivity index (χ2v) is 5.17. The number of hydrogen-bond donors (Lipinski definition) is 0. The molecular weight excluding hydrogens is 331 g/mol. The molecule has 2 rings (SSSR count). The maximum atomic E-state index is 6.10. The zero-order valence-electron chi connectivity index (χ0n) is 7.51. The number of fused-ring (bicyclic) bond motifs is 1. The first kappa shape index (κ1) is 10.5. The number of thiophene rings is 1. The zero-order chi connectivity index (χ0) is 10.1. The van der Waals surface area contributed by atoms with Crippen LogP contribution in [0.5, 0.6) is 5.75 Å². The summed E-state index contributed by atoms with van der Waals surface area (Å²) in [6, 6.07) is 3.97. The van der Waals surface area contributed by atoms with Crippen LogP contribution >= 0.6 is 45.5 Å². The summed E-state index contributed by atoms with van der Waals surface area (Å²) in [5.74, 6) is 0.892. The first-order chi connectivity index (χ1) is 6.74. The molecule has 0 bridgehead atoms. The van der Waals surface area contributed by atoms with Gasteiger partial charge in [0.05, 0.1) is 16.3 Å². The first-order valence-corrected chi connectivity index (χ1v) is 6.55. The van der Waals surface area contributed by atoms with E-state index in [9.17, 15) is 0 Å². The van der Waals surface area contributed by atoms with Gasteiger partial charge in [-0.1, -0.05) is 11.6 Å². The van der Waals surface area contributed by atoms with Gasteiger partial charge in [-0.25, -0.2) is 0 Å². The van der Waals surface area contributed by atoms with E-state index < -0.39 is 0 Å². The second kappa shape index (κ2) is 4.24. The third-order valence-electron chi connectivity index (χ3n) is 1.89. The lowest BCUT2D eigenvalue weighted by Gasteiger charge is -2.06. The minimum absolute atomic E-state index is 0.671. The maximum Gasteiger partial charge on any atom is 0.138 e. The molecular formula is C10H8ClIOS. The summed E-state index contributed by atoms with van der Waals surface area (Å²) >= 11 is 10.1. The molecule has 0 N–H and O–H groups in total. The Morgan fingerprint density at radius 2 is 2.36 bits per heavy atom. The van der Waals surface area contributed by atoms with Gasteiger partial charge in [-0.3, -0.25) is 0 Å². The molecule has 4 heteroatoms. The molecule has 1 nitrogen and oxygen atoms in total. The lowest BCUT2D eigenvalue weighted by molar-refractivity contribution is 0.345. The van der Waals surface area contributed by atoms with Gasteiger partial charge in [-0.2, -0.15) is 0 Å². The van der Waals surface area contributed by atoms with Gasteiger partial charge in [0.2, 0.25) is 0 Å². The maximum absolute atomic E-state index is 6.10. The average molecular weight is 339 g/mol. The van der Waals surface area contributed by atoms with Crippen LogP contribution in [0.2, 0.25) is 5.02 Å². The standard InChI is InChI=1S/C10H8ClIOS/c1-2-13-8-5-7(11)9(12)6-3-4-14-10(6)8/h3-5H,2H2,1H3. The van der Waals surface area contributed by atoms with Gasteiger partial charge in [-0.05, 0) is 41.0 Å². The van der Waals surface area contributed by atoms with Crippen LogP contribution in [-0.4, -0.2) is 6.61 Å². The zero-order valence-corrected chi connectivity index (χ0v) is 11.2. The lowest BCUT2D eigenvalue weighted by atomic mass is 10.2. The SMILES string of the molecule is CCOc1cc(Cl)c(I)c2ccsc12. The quantitative estimate of drug-likeness (QED) is 0.730. The second-order valence-electron chi connectivity index (χ2n) is 2.77. The summed E-state index contributed by atoms with van der Waals surface area (Å²) in [6.07, 6.45) is 0. The monoisotopic (exact) mass is 338 g/mol. The van der Waals surface area contributed by atoms with Crippen LogP contribution < -0.4 is 4.74 Å². The Kier molecular flexibility index (Phi) is 3.19. The molecule has 2 aromatic rings. The van der Waals surface area contributed by atoms with Crippen LogP contribution in [0.15, 0.2) is 17.5 Å². The van der Waals surface area contributed by atoms with Crippen molar-refractivity contribution in [3.8, 4) is 5.75 Å². The molecule has 1 heterocycles. The number of rotatable bonds is 2. The highest BCUT2D eigenvalue weighted by molar-refractivity contribution is 14.1. The predicted molar refractivity (Wildman–Crippen MR) is 70.7 cm³/mol. The fourth-order valence-electron chi connectivity index (χ4n) is 1.31. The lowest BCUT2D eigenvalue weighted by Crippen LogP contribution is -1.92. The van der Waals surface area contributed by atoms with Crippen molar-refractivity contribution in [3.63, 3.8) is 0 Å². The average Bonchev–Trinajstić information content (AvgIpc) is 2.63. The molecule has 1 aromatic carbocycles. The molecule has 0 aliphatic heterocycles. The largest absolute Gasteiger partial charge is 0.492 e. The third-order valence-corrected chi connectivity index (χ3v) is 4.60. The van der Waals surface area contributed by atoms with Crippen molar-refractivity contribution in [2.75, 3.05) is 6.61 Å². The van der Waals surface area contributed by atoms with Crippen LogP contribution in [0, 0.1) is 3.57 Å². The van der Waals surface area contributed by atoms with Crippen molar-refractivity contribution >= 4 is 55.6 Å². The number of hydrogen-bond acceptors (Lipinski definition) is 2. The van der Waals surface area contributed by atoms with Gasteiger partial charge in [0.25, 0.3) is 0 Å². The summed E-state index contributed by atoms with van der Waals surface area (Å²) in [6.45, 7) is 2.65. The van der Waals surface area contributed by atoms with Crippen LogP contribution in [0.4, 0.5) is 0 Å². The van der Waals surface area contributed by atoms with Gasteiger partial charge in [-0.15, -0.1) is 11.3 Å². The molecule has 74 valence electrons. The Labute approximate surface area is 105 Å². The molecule has 1 aromatic heterocycles. The van der Waals surface area contributed by atoms with Crippen molar-refractivity contribution in [1.29, 1.82) is 0 Å². The van der Waals surface area contributed by atoms with E-state index in [2.05, 4.69) is 34.0 Å². The summed E-state index contributed by atoms with van der Waals surface area (Å²) in [5, 5.41) is 4.01. The van der Waals surface area contributed by atoms with Gasteiger partial charge in [0.1, 0.15) is 5.75 Å². The molecule has 0 amide bonds. The van der Waals surface area contributed by atoms with Crippen molar-refractivity contribution in [3.05, 3.63) is 26.1 Å². The van der Waals surface area contributed by atoms with Gasteiger partial charge in [0.15, 0.2) is 0 Å². The number of halogens is 2. The Hall–Kier alpha value is -0.000000000000000139. The summed E-state index contributed by atoms with van der Waals surface area (Å²) in [7, 11) is 0. The van der Waals surface area contributed by atoms with E-state index in [-0.39, 0.29) is 0 Å². The van der Waals surface area contributed by atoms with Crippen molar-refractivity contribution in [2.24, 2.45) is 0 Å². The van der Waals surface area contributed by atoms with Crippen molar-refractivity contribution in [1.82, 2.24) is 0 Å². The van der Waals surface area contributed by atoms with E-state index in [1.165, 1.54) is 10.1 Å². The van der Waals surface area contributed by atoms with Gasteiger partial charge in [0, 0.05) is 15.0 Å². The minimum Gasteiger partial charge on any atom is -0.492 e. The molecule has 0 radical (unpaired) electrons. The number of benzene rings is 1. The third kappa shape index (κ3) is 1.73. The van der Waals surface area contributed by atoms with Crippen molar-refractivity contribution in [2.45, 2.75) is 6.92 Å². The van der Waals surface area contributed by atoms with Crippen molar-refractivity contribution < 1.29 is 4.74 Å². The molecule has 0 aliphatic carbocycles. The van der Waals surface area contributed by atoms with E-state index in [0.717, 1.165) is 14.3 Å². The van der Waals surface area contributed by atoms with E-state index in [1.807, 2.05) is 13.0 Å². The highest BCUT2D eigenvalue weighted by Gasteiger charge is 2.10. The highest BCUT2D eigenvalue weighted by atomic mass is 127. The van der Waals surface area contributed by atoms with Crippen LogP contribution in [0.1, 0.15) is 6.92 Å². The van der Waals surface area contributed by atoms with E-state index in [1.54, 1.807) is 11.3 Å². The molecule has 0 unspecified atom stereocenters. The minimum atomic E-state index is 0.671. The Bertz CT molecular complexity index is 466. The first-order valence-electron chi connectivity index (χ1n) is 4.22. The van der Waals surface area contributed by atoms with E-state index >= 15 is 0 Å². The summed E-state index contributed by atoms with van der Waals surface area (Å²) < 4.78 is 7.82. The highest BCUT2D eigenvalue weighted by Crippen LogP contribution is 2.38. The topological polar surface area (TPSA) is 9.23 Å². The Morgan fingerprint density at radius 1 is 1.57 bits per heavy atom.